The van der Waals surface area contributed by atoms with Gasteiger partial charge in [0.15, 0.2) is 0 Å². The van der Waals surface area contributed by atoms with Crippen LogP contribution in [-0.2, 0) is 21.6 Å². The van der Waals surface area contributed by atoms with Crippen molar-refractivity contribution in [2.24, 2.45) is 5.92 Å². The first-order chi connectivity index (χ1) is 14.8. The molecule has 1 aliphatic heterocycles. The molecule has 1 aromatic heterocycles. The SMILES string of the molecule is CC(C)C(NS(=O)(=O)N1CCN(c2ccccc2OCc2ccncc2)CC1)C(=O)O. The largest absolute Gasteiger partial charge is 0.487 e. The van der Waals surface area contributed by atoms with E-state index in [4.69, 9.17) is 4.74 Å². The van der Waals surface area contributed by atoms with Crippen molar-refractivity contribution in [2.45, 2.75) is 26.5 Å². The second-order valence-electron chi connectivity index (χ2n) is 7.68. The predicted octanol–water partition coefficient (Wildman–Crippen LogP) is 1.73. The van der Waals surface area contributed by atoms with Gasteiger partial charge in [-0.05, 0) is 35.7 Å². The van der Waals surface area contributed by atoms with Crippen molar-refractivity contribution in [2.75, 3.05) is 31.1 Å². The Morgan fingerprint density at radius 2 is 1.77 bits per heavy atom. The van der Waals surface area contributed by atoms with Gasteiger partial charge < -0.3 is 14.7 Å². The molecule has 0 saturated carbocycles. The molecule has 2 heterocycles. The number of aromatic nitrogens is 1. The summed E-state index contributed by atoms with van der Waals surface area (Å²) in [6.45, 7) is 5.18. The number of hydrogen-bond donors (Lipinski definition) is 2. The Labute approximate surface area is 182 Å². The highest BCUT2D eigenvalue weighted by Gasteiger charge is 2.33. The van der Waals surface area contributed by atoms with Gasteiger partial charge in [0.2, 0.25) is 0 Å². The van der Waals surface area contributed by atoms with Gasteiger partial charge >= 0.3 is 5.97 Å². The van der Waals surface area contributed by atoms with Gasteiger partial charge in [0.25, 0.3) is 10.2 Å². The van der Waals surface area contributed by atoms with Crippen LogP contribution in [0.1, 0.15) is 19.4 Å². The number of carbonyl (C=O) groups is 1. The number of carboxylic acids is 1. The first-order valence-corrected chi connectivity index (χ1v) is 11.6. The zero-order valence-corrected chi connectivity index (χ0v) is 18.5. The van der Waals surface area contributed by atoms with E-state index in [1.165, 1.54) is 4.31 Å². The fourth-order valence-corrected chi connectivity index (χ4v) is 4.84. The minimum absolute atomic E-state index is 0.248. The van der Waals surface area contributed by atoms with Crippen LogP contribution in [0.3, 0.4) is 0 Å². The van der Waals surface area contributed by atoms with Crippen LogP contribution >= 0.6 is 0 Å². The number of benzene rings is 1. The molecule has 10 heteroatoms. The molecular weight excluding hydrogens is 420 g/mol. The average molecular weight is 449 g/mol. The number of anilines is 1. The molecule has 31 heavy (non-hydrogen) atoms. The van der Waals surface area contributed by atoms with Gasteiger partial charge in [-0.25, -0.2) is 0 Å². The van der Waals surface area contributed by atoms with Crippen LogP contribution in [0.4, 0.5) is 5.69 Å². The Morgan fingerprint density at radius 1 is 1.13 bits per heavy atom. The lowest BCUT2D eigenvalue weighted by atomic mass is 10.1. The van der Waals surface area contributed by atoms with Crippen LogP contribution in [0.5, 0.6) is 5.75 Å². The third-order valence-corrected chi connectivity index (χ3v) is 6.73. The van der Waals surface area contributed by atoms with Crippen molar-refractivity contribution in [3.8, 4) is 5.75 Å². The predicted molar refractivity (Wildman–Crippen MR) is 117 cm³/mol. The van der Waals surface area contributed by atoms with E-state index < -0.39 is 22.2 Å². The van der Waals surface area contributed by atoms with E-state index in [0.29, 0.717) is 19.7 Å². The highest BCUT2D eigenvalue weighted by atomic mass is 32.2. The van der Waals surface area contributed by atoms with E-state index in [1.807, 2.05) is 36.4 Å². The number of hydrogen-bond acceptors (Lipinski definition) is 6. The zero-order chi connectivity index (χ0) is 22.4. The average Bonchev–Trinajstić information content (AvgIpc) is 2.77. The summed E-state index contributed by atoms with van der Waals surface area (Å²) in [7, 11) is -3.90. The second kappa shape index (κ2) is 10.1. The third-order valence-electron chi connectivity index (χ3n) is 5.14. The van der Waals surface area contributed by atoms with Gasteiger partial charge in [0.1, 0.15) is 18.4 Å². The highest BCUT2D eigenvalue weighted by Crippen LogP contribution is 2.29. The quantitative estimate of drug-likeness (QED) is 0.601. The molecule has 0 spiro atoms. The molecule has 2 aromatic rings. The summed E-state index contributed by atoms with van der Waals surface area (Å²) in [5.41, 5.74) is 1.90. The van der Waals surface area contributed by atoms with Crippen molar-refractivity contribution in [1.29, 1.82) is 0 Å². The maximum Gasteiger partial charge on any atom is 0.322 e. The number of pyridine rings is 1. The third kappa shape index (κ3) is 5.93. The van der Waals surface area contributed by atoms with Crippen molar-refractivity contribution < 1.29 is 23.1 Å². The Bertz CT molecular complexity index is 976. The molecular formula is C21H28N4O5S. The molecule has 1 aromatic carbocycles. The fourth-order valence-electron chi connectivity index (χ4n) is 3.36. The van der Waals surface area contributed by atoms with E-state index in [2.05, 4.69) is 14.6 Å². The van der Waals surface area contributed by atoms with E-state index in [-0.39, 0.29) is 19.0 Å². The first-order valence-electron chi connectivity index (χ1n) is 10.1. The molecule has 1 atom stereocenters. The molecule has 0 bridgehead atoms. The first kappa shape index (κ1) is 23.0. The van der Waals surface area contributed by atoms with Crippen molar-refractivity contribution >= 4 is 21.9 Å². The maximum atomic E-state index is 12.7. The molecule has 0 amide bonds. The van der Waals surface area contributed by atoms with Gasteiger partial charge in [-0.3, -0.25) is 9.78 Å². The number of nitrogens with zero attached hydrogens (tertiary/aromatic N) is 3. The topological polar surface area (TPSA) is 112 Å². The minimum atomic E-state index is -3.90. The smallest absolute Gasteiger partial charge is 0.322 e. The summed E-state index contributed by atoms with van der Waals surface area (Å²) in [4.78, 5) is 17.4. The molecule has 9 nitrogen and oxygen atoms in total. The van der Waals surface area contributed by atoms with Crippen molar-refractivity contribution in [3.63, 3.8) is 0 Å². The number of ether oxygens (including phenoxy) is 1. The minimum Gasteiger partial charge on any atom is -0.487 e. The molecule has 1 aliphatic rings. The second-order valence-corrected chi connectivity index (χ2v) is 9.38. The number of carboxylic acid groups (broad SMARTS) is 1. The van der Waals surface area contributed by atoms with Gasteiger partial charge in [-0.2, -0.15) is 17.4 Å². The fraction of sp³-hybridized carbons (Fsp3) is 0.429. The summed E-state index contributed by atoms with van der Waals surface area (Å²) >= 11 is 0. The normalized spacial score (nSPS) is 16.3. The number of aliphatic carboxylic acids is 1. The number of piperazine rings is 1. The van der Waals surface area contributed by atoms with E-state index >= 15 is 0 Å². The molecule has 168 valence electrons. The Balaban J connectivity index is 1.64. The van der Waals surface area contributed by atoms with Crippen molar-refractivity contribution in [3.05, 3.63) is 54.4 Å². The van der Waals surface area contributed by atoms with Gasteiger partial charge in [0, 0.05) is 38.6 Å². The van der Waals surface area contributed by atoms with Gasteiger partial charge in [0.05, 0.1) is 5.69 Å². The summed E-state index contributed by atoms with van der Waals surface area (Å²) in [6, 6.07) is 10.3. The summed E-state index contributed by atoms with van der Waals surface area (Å²) in [5, 5.41) is 9.29. The van der Waals surface area contributed by atoms with Crippen LogP contribution < -0.4 is 14.4 Å². The Morgan fingerprint density at radius 3 is 2.39 bits per heavy atom. The van der Waals surface area contributed by atoms with Crippen LogP contribution in [0, 0.1) is 5.92 Å². The molecule has 3 rings (SSSR count). The molecule has 1 saturated heterocycles. The molecule has 1 fully saturated rings. The maximum absolute atomic E-state index is 12.7. The highest BCUT2D eigenvalue weighted by molar-refractivity contribution is 7.87. The van der Waals surface area contributed by atoms with E-state index in [1.54, 1.807) is 26.2 Å². The summed E-state index contributed by atoms with van der Waals surface area (Å²) in [6.07, 6.45) is 3.43. The van der Waals surface area contributed by atoms with Crippen LogP contribution in [-0.4, -0.2) is 61.0 Å². The van der Waals surface area contributed by atoms with Crippen LogP contribution in [0.15, 0.2) is 48.8 Å². The Kier molecular flexibility index (Phi) is 7.47. The zero-order valence-electron chi connectivity index (χ0n) is 17.6. The van der Waals surface area contributed by atoms with Crippen LogP contribution in [0.25, 0.3) is 0 Å². The molecule has 0 radical (unpaired) electrons. The van der Waals surface area contributed by atoms with Crippen LogP contribution in [0.2, 0.25) is 0 Å². The van der Waals surface area contributed by atoms with Crippen molar-refractivity contribution in [1.82, 2.24) is 14.0 Å². The summed E-state index contributed by atoms with van der Waals surface area (Å²) < 4.78 is 35.0. The molecule has 1 unspecified atom stereocenters. The lowest BCUT2D eigenvalue weighted by molar-refractivity contribution is -0.140. The van der Waals surface area contributed by atoms with Gasteiger partial charge in [-0.1, -0.05) is 26.0 Å². The Hall–Kier alpha value is -2.69. The number of para-hydroxylation sites is 2. The van der Waals surface area contributed by atoms with E-state index in [9.17, 15) is 18.3 Å². The molecule has 2 N–H and O–H groups in total. The lowest BCUT2D eigenvalue weighted by Crippen LogP contribution is -2.55. The number of rotatable bonds is 9. The lowest BCUT2D eigenvalue weighted by Gasteiger charge is -2.36. The monoisotopic (exact) mass is 448 g/mol. The number of nitrogens with one attached hydrogen (secondary N) is 1. The van der Waals surface area contributed by atoms with E-state index in [0.717, 1.165) is 17.0 Å². The standard InChI is InChI=1S/C21H28N4O5S/c1-16(2)20(21(26)27)23-31(28,29)25-13-11-24(12-14-25)18-5-3-4-6-19(18)30-15-17-7-9-22-10-8-17/h3-10,16,20,23H,11-15H2,1-2H3,(H,26,27). The molecule has 0 aliphatic carbocycles. The summed E-state index contributed by atoms with van der Waals surface area (Å²) in [5.74, 6) is -0.824. The van der Waals surface area contributed by atoms with Gasteiger partial charge in [-0.15, -0.1) is 0 Å².